The number of anilines is 2. The summed E-state index contributed by atoms with van der Waals surface area (Å²) in [5, 5.41) is 7.15. The first-order valence-corrected chi connectivity index (χ1v) is 16.5. The number of carbonyl (C=O) groups is 2. The van der Waals surface area contributed by atoms with Gasteiger partial charge in [0.2, 0.25) is 11.8 Å². The molecule has 2 aromatic carbocycles. The first-order chi connectivity index (χ1) is 20.9. The summed E-state index contributed by atoms with van der Waals surface area (Å²) in [5.41, 5.74) is 3.76. The van der Waals surface area contributed by atoms with Gasteiger partial charge in [-0.25, -0.2) is 9.97 Å². The molecule has 0 aliphatic rings. The SMILES string of the molecule is CCOc1ccc(-c2nc(NC(=O)CCCCCCCC(=O)Nc3nc(-c4ccc(OCC)cc4)c(C)s3)sc2C)cc1. The third-order valence-corrected chi connectivity index (χ3v) is 8.54. The topological polar surface area (TPSA) is 102 Å². The second-order valence-electron chi connectivity index (χ2n) is 10.1. The van der Waals surface area contributed by atoms with Gasteiger partial charge in [-0.15, -0.1) is 22.7 Å². The van der Waals surface area contributed by atoms with Crippen molar-refractivity contribution < 1.29 is 19.1 Å². The molecular weight excluding hydrogens is 581 g/mol. The van der Waals surface area contributed by atoms with Crippen LogP contribution in [0.2, 0.25) is 0 Å². The number of benzene rings is 2. The van der Waals surface area contributed by atoms with Crippen LogP contribution in [0.1, 0.15) is 68.5 Å². The van der Waals surface area contributed by atoms with Crippen molar-refractivity contribution in [3.63, 3.8) is 0 Å². The lowest BCUT2D eigenvalue weighted by atomic mass is 10.1. The van der Waals surface area contributed by atoms with E-state index in [2.05, 4.69) is 20.6 Å². The maximum atomic E-state index is 12.5. The molecule has 0 aliphatic heterocycles. The highest BCUT2D eigenvalue weighted by Crippen LogP contribution is 2.33. The van der Waals surface area contributed by atoms with Gasteiger partial charge in [0.25, 0.3) is 0 Å². The second kappa shape index (κ2) is 16.2. The van der Waals surface area contributed by atoms with Gasteiger partial charge >= 0.3 is 0 Å². The highest BCUT2D eigenvalue weighted by molar-refractivity contribution is 7.16. The number of amides is 2. The fourth-order valence-corrected chi connectivity index (χ4v) is 6.36. The molecule has 4 rings (SSSR count). The quantitative estimate of drug-likeness (QED) is 0.122. The number of aryl methyl sites for hydroxylation is 2. The van der Waals surface area contributed by atoms with Gasteiger partial charge in [0, 0.05) is 33.7 Å². The molecule has 0 spiro atoms. The number of carbonyl (C=O) groups excluding carboxylic acids is 2. The van der Waals surface area contributed by atoms with E-state index in [-0.39, 0.29) is 11.8 Å². The van der Waals surface area contributed by atoms with Gasteiger partial charge in [-0.1, -0.05) is 19.3 Å². The van der Waals surface area contributed by atoms with Crippen molar-refractivity contribution in [2.75, 3.05) is 23.8 Å². The van der Waals surface area contributed by atoms with E-state index in [9.17, 15) is 9.59 Å². The van der Waals surface area contributed by atoms with Crippen LogP contribution < -0.4 is 20.1 Å². The van der Waals surface area contributed by atoms with Crippen LogP contribution in [-0.4, -0.2) is 35.0 Å². The van der Waals surface area contributed by atoms with Crippen molar-refractivity contribution in [1.29, 1.82) is 0 Å². The van der Waals surface area contributed by atoms with Crippen LogP contribution in [0.15, 0.2) is 48.5 Å². The van der Waals surface area contributed by atoms with Crippen molar-refractivity contribution in [2.24, 2.45) is 0 Å². The Labute approximate surface area is 261 Å². The molecule has 10 heteroatoms. The molecule has 2 heterocycles. The van der Waals surface area contributed by atoms with Gasteiger partial charge < -0.3 is 20.1 Å². The van der Waals surface area contributed by atoms with E-state index < -0.39 is 0 Å². The zero-order valence-corrected chi connectivity index (χ0v) is 27.0. The Hall–Kier alpha value is -3.76. The minimum atomic E-state index is -0.0188. The first-order valence-electron chi connectivity index (χ1n) is 14.9. The van der Waals surface area contributed by atoms with Crippen LogP contribution in [0.5, 0.6) is 11.5 Å². The standard InChI is InChI=1S/C33H40N4O4S2/c1-5-40-26-18-14-24(15-19-26)30-22(3)42-32(36-30)34-28(38)12-10-8-7-9-11-13-29(39)35-33-37-31(23(4)43-33)25-16-20-27(21-17-25)41-6-2/h14-21H,5-13H2,1-4H3,(H,34,36,38)(H,35,37,39). The third-order valence-electron chi connectivity index (χ3n) is 6.77. The molecular formula is C33H40N4O4S2. The van der Waals surface area contributed by atoms with E-state index in [1.54, 1.807) is 0 Å². The molecule has 0 aliphatic carbocycles. The lowest BCUT2D eigenvalue weighted by Crippen LogP contribution is -2.11. The number of thiazole rings is 2. The second-order valence-corrected chi connectivity index (χ2v) is 12.5. The monoisotopic (exact) mass is 620 g/mol. The Bertz CT molecular complexity index is 1370. The zero-order chi connectivity index (χ0) is 30.6. The summed E-state index contributed by atoms with van der Waals surface area (Å²) < 4.78 is 11.0. The summed E-state index contributed by atoms with van der Waals surface area (Å²) in [4.78, 5) is 36.3. The van der Waals surface area contributed by atoms with Crippen molar-refractivity contribution in [3.05, 3.63) is 58.3 Å². The minimum absolute atomic E-state index is 0.0188. The normalized spacial score (nSPS) is 10.9. The Morgan fingerprint density at radius 1 is 0.628 bits per heavy atom. The van der Waals surface area contributed by atoms with Crippen LogP contribution in [0.3, 0.4) is 0 Å². The molecule has 0 saturated heterocycles. The zero-order valence-electron chi connectivity index (χ0n) is 25.3. The largest absolute Gasteiger partial charge is 0.494 e. The van der Waals surface area contributed by atoms with Crippen LogP contribution in [0.25, 0.3) is 22.5 Å². The van der Waals surface area contributed by atoms with E-state index >= 15 is 0 Å². The van der Waals surface area contributed by atoms with Crippen LogP contribution in [-0.2, 0) is 9.59 Å². The molecule has 43 heavy (non-hydrogen) atoms. The molecule has 2 amide bonds. The predicted octanol–water partition coefficient (Wildman–Crippen LogP) is 8.66. The van der Waals surface area contributed by atoms with E-state index in [0.717, 1.165) is 75.9 Å². The van der Waals surface area contributed by atoms with Crippen molar-refractivity contribution in [2.45, 2.75) is 72.6 Å². The van der Waals surface area contributed by atoms with Gasteiger partial charge in [0.15, 0.2) is 10.3 Å². The Kier molecular flexibility index (Phi) is 12.1. The average molecular weight is 621 g/mol. The molecule has 8 nitrogen and oxygen atoms in total. The summed E-state index contributed by atoms with van der Waals surface area (Å²) in [7, 11) is 0. The molecule has 2 N–H and O–H groups in total. The Morgan fingerprint density at radius 3 is 1.37 bits per heavy atom. The van der Waals surface area contributed by atoms with Gasteiger partial charge in [-0.2, -0.15) is 0 Å². The molecule has 2 aromatic heterocycles. The molecule has 0 saturated carbocycles. The summed E-state index contributed by atoms with van der Waals surface area (Å²) in [6, 6.07) is 15.7. The summed E-state index contributed by atoms with van der Waals surface area (Å²) in [5.74, 6) is 1.62. The minimum Gasteiger partial charge on any atom is -0.494 e. The lowest BCUT2D eigenvalue weighted by Gasteiger charge is -2.04. The highest BCUT2D eigenvalue weighted by atomic mass is 32.1. The maximum absolute atomic E-state index is 12.5. The van der Waals surface area contributed by atoms with Crippen LogP contribution in [0, 0.1) is 13.8 Å². The molecule has 228 valence electrons. The smallest absolute Gasteiger partial charge is 0.226 e. The van der Waals surface area contributed by atoms with Crippen LogP contribution in [0.4, 0.5) is 10.3 Å². The fraction of sp³-hybridized carbons (Fsp3) is 0.394. The first kappa shape index (κ1) is 32.2. The molecule has 0 unspecified atom stereocenters. The molecule has 0 fully saturated rings. The Balaban J connectivity index is 1.11. The molecule has 0 radical (unpaired) electrons. The van der Waals surface area contributed by atoms with Gasteiger partial charge in [-0.3, -0.25) is 9.59 Å². The maximum Gasteiger partial charge on any atom is 0.226 e. The number of ether oxygens (including phenoxy) is 2. The predicted molar refractivity (Wildman–Crippen MR) is 176 cm³/mol. The van der Waals surface area contributed by atoms with Gasteiger partial charge in [0.05, 0.1) is 24.6 Å². The fourth-order valence-electron chi connectivity index (χ4n) is 4.65. The number of aromatic nitrogens is 2. The Morgan fingerprint density at radius 2 is 1.00 bits per heavy atom. The van der Waals surface area contributed by atoms with Crippen molar-refractivity contribution >= 4 is 44.8 Å². The van der Waals surface area contributed by atoms with Crippen molar-refractivity contribution in [3.8, 4) is 34.0 Å². The van der Waals surface area contributed by atoms with Crippen LogP contribution >= 0.6 is 22.7 Å². The lowest BCUT2D eigenvalue weighted by molar-refractivity contribution is -0.117. The summed E-state index contributed by atoms with van der Waals surface area (Å²) in [6.07, 6.45) is 5.40. The van der Waals surface area contributed by atoms with E-state index in [1.165, 1.54) is 22.7 Å². The van der Waals surface area contributed by atoms with E-state index in [4.69, 9.17) is 9.47 Å². The summed E-state index contributed by atoms with van der Waals surface area (Å²) >= 11 is 2.98. The number of nitrogens with one attached hydrogen (secondary N) is 2. The van der Waals surface area contributed by atoms with Crippen molar-refractivity contribution in [1.82, 2.24) is 9.97 Å². The highest BCUT2D eigenvalue weighted by Gasteiger charge is 2.14. The molecule has 0 atom stereocenters. The summed E-state index contributed by atoms with van der Waals surface area (Å²) in [6.45, 7) is 9.20. The molecule has 0 bridgehead atoms. The van der Waals surface area contributed by atoms with E-state index in [0.29, 0.717) is 36.3 Å². The third kappa shape index (κ3) is 9.62. The number of nitrogens with zero attached hydrogens (tertiary/aromatic N) is 2. The number of hydrogen-bond donors (Lipinski definition) is 2. The van der Waals surface area contributed by atoms with Gasteiger partial charge in [-0.05, 0) is 89.1 Å². The number of rotatable bonds is 16. The number of hydrogen-bond acceptors (Lipinski definition) is 8. The van der Waals surface area contributed by atoms with E-state index in [1.807, 2.05) is 76.2 Å². The van der Waals surface area contributed by atoms with Gasteiger partial charge in [0.1, 0.15) is 11.5 Å². The molecule has 4 aromatic rings. The number of unbranched alkanes of at least 4 members (excludes halogenated alkanes) is 4. The average Bonchev–Trinajstić information content (AvgIpc) is 3.54.